The van der Waals surface area contributed by atoms with Gasteiger partial charge in [-0.3, -0.25) is 0 Å². The largest absolute Gasteiger partial charge is 0.469 e. The zero-order valence-electron chi connectivity index (χ0n) is 7.42. The highest BCUT2D eigenvalue weighted by molar-refractivity contribution is 5.08. The van der Waals surface area contributed by atoms with Crippen LogP contribution in [0.2, 0.25) is 0 Å². The van der Waals surface area contributed by atoms with E-state index >= 15 is 0 Å². The van der Waals surface area contributed by atoms with E-state index in [0.717, 1.165) is 24.8 Å². The smallest absolute Gasteiger partial charge is 0.108 e. The van der Waals surface area contributed by atoms with E-state index in [0.29, 0.717) is 5.92 Å². The molecule has 2 heteroatoms. The van der Waals surface area contributed by atoms with E-state index in [1.54, 1.807) is 6.26 Å². The van der Waals surface area contributed by atoms with E-state index in [-0.39, 0.29) is 0 Å². The molecule has 2 rings (SSSR count). The Balaban J connectivity index is 2.11. The Kier molecular flexibility index (Phi) is 2.17. The van der Waals surface area contributed by atoms with Gasteiger partial charge in [-0.2, -0.15) is 0 Å². The molecule has 1 fully saturated rings. The minimum absolute atomic E-state index is 0.578. The van der Waals surface area contributed by atoms with Crippen molar-refractivity contribution in [1.82, 2.24) is 5.32 Å². The summed E-state index contributed by atoms with van der Waals surface area (Å²) in [6, 6.07) is 4.05. The van der Waals surface area contributed by atoms with Crippen LogP contribution in [0.15, 0.2) is 22.8 Å². The van der Waals surface area contributed by atoms with Gasteiger partial charge in [0.05, 0.1) is 6.26 Å². The van der Waals surface area contributed by atoms with Crippen molar-refractivity contribution in [3.63, 3.8) is 0 Å². The van der Waals surface area contributed by atoms with E-state index in [1.807, 2.05) is 6.07 Å². The molecular formula is C10H15NO. The standard InChI is InChI=1S/C10H15NO/c1-8-4-5-11-7-9(8)10-3-2-6-12-10/h2-3,6,8-9,11H,4-5,7H2,1H3. The lowest BCUT2D eigenvalue weighted by Gasteiger charge is -2.27. The second-order valence-corrected chi connectivity index (χ2v) is 3.59. The lowest BCUT2D eigenvalue weighted by molar-refractivity contribution is 0.306. The lowest BCUT2D eigenvalue weighted by Crippen LogP contribution is -2.33. The molecule has 0 aromatic carbocycles. The number of rotatable bonds is 1. The molecule has 0 saturated carbocycles. The number of hydrogen-bond acceptors (Lipinski definition) is 2. The maximum Gasteiger partial charge on any atom is 0.108 e. The number of furan rings is 1. The van der Waals surface area contributed by atoms with Crippen molar-refractivity contribution < 1.29 is 4.42 Å². The second-order valence-electron chi connectivity index (χ2n) is 3.59. The predicted molar refractivity (Wildman–Crippen MR) is 48.1 cm³/mol. The molecular weight excluding hydrogens is 150 g/mol. The van der Waals surface area contributed by atoms with Gasteiger partial charge in [-0.1, -0.05) is 6.92 Å². The van der Waals surface area contributed by atoms with Gasteiger partial charge in [-0.05, 0) is 31.0 Å². The van der Waals surface area contributed by atoms with Crippen LogP contribution >= 0.6 is 0 Å². The second kappa shape index (κ2) is 3.31. The summed E-state index contributed by atoms with van der Waals surface area (Å²) in [6.45, 7) is 4.51. The highest BCUT2D eigenvalue weighted by Gasteiger charge is 2.24. The van der Waals surface area contributed by atoms with Gasteiger partial charge in [0.15, 0.2) is 0 Å². The van der Waals surface area contributed by atoms with Crippen LogP contribution in [0.5, 0.6) is 0 Å². The van der Waals surface area contributed by atoms with Crippen LogP contribution in [0.4, 0.5) is 0 Å². The van der Waals surface area contributed by atoms with Crippen molar-refractivity contribution in [2.24, 2.45) is 5.92 Å². The van der Waals surface area contributed by atoms with Gasteiger partial charge in [0.1, 0.15) is 5.76 Å². The summed E-state index contributed by atoms with van der Waals surface area (Å²) in [5, 5.41) is 3.39. The molecule has 2 heterocycles. The van der Waals surface area contributed by atoms with Gasteiger partial charge in [-0.15, -0.1) is 0 Å². The predicted octanol–water partition coefficient (Wildman–Crippen LogP) is 1.99. The van der Waals surface area contributed by atoms with Crippen molar-refractivity contribution in [2.75, 3.05) is 13.1 Å². The van der Waals surface area contributed by atoms with E-state index < -0.39 is 0 Å². The molecule has 0 bridgehead atoms. The van der Waals surface area contributed by atoms with Crippen LogP contribution in [-0.2, 0) is 0 Å². The quantitative estimate of drug-likeness (QED) is 0.688. The fourth-order valence-electron chi connectivity index (χ4n) is 1.87. The van der Waals surface area contributed by atoms with Crippen LogP contribution < -0.4 is 5.32 Å². The summed E-state index contributed by atoms with van der Waals surface area (Å²) in [6.07, 6.45) is 3.02. The molecule has 1 aliphatic rings. The van der Waals surface area contributed by atoms with Gasteiger partial charge in [0.25, 0.3) is 0 Å². The highest BCUT2D eigenvalue weighted by Crippen LogP contribution is 2.28. The summed E-state index contributed by atoms with van der Waals surface area (Å²) >= 11 is 0. The van der Waals surface area contributed by atoms with Crippen LogP contribution in [0.1, 0.15) is 25.0 Å². The van der Waals surface area contributed by atoms with Crippen LogP contribution in [0, 0.1) is 5.92 Å². The number of piperidine rings is 1. The molecule has 1 saturated heterocycles. The Hall–Kier alpha value is -0.760. The third-order valence-electron chi connectivity index (χ3n) is 2.74. The molecule has 2 unspecified atom stereocenters. The molecule has 2 nitrogen and oxygen atoms in total. The summed E-state index contributed by atoms with van der Waals surface area (Å²) in [5.74, 6) is 2.46. The Labute approximate surface area is 73.0 Å². The fraction of sp³-hybridized carbons (Fsp3) is 0.600. The van der Waals surface area contributed by atoms with Gasteiger partial charge >= 0.3 is 0 Å². The topological polar surface area (TPSA) is 25.2 Å². The average molecular weight is 165 g/mol. The first-order valence-electron chi connectivity index (χ1n) is 4.62. The van der Waals surface area contributed by atoms with Gasteiger partial charge in [0, 0.05) is 12.5 Å². The molecule has 1 aromatic rings. The monoisotopic (exact) mass is 165 g/mol. The van der Waals surface area contributed by atoms with Gasteiger partial charge in [-0.25, -0.2) is 0 Å². The van der Waals surface area contributed by atoms with Crippen molar-refractivity contribution in [1.29, 1.82) is 0 Å². The maximum absolute atomic E-state index is 5.40. The molecule has 0 spiro atoms. The third kappa shape index (κ3) is 1.39. The van der Waals surface area contributed by atoms with Crippen molar-refractivity contribution in [2.45, 2.75) is 19.3 Å². The maximum atomic E-state index is 5.40. The zero-order chi connectivity index (χ0) is 8.39. The van der Waals surface area contributed by atoms with Crippen LogP contribution in [0.25, 0.3) is 0 Å². The number of hydrogen-bond donors (Lipinski definition) is 1. The molecule has 66 valence electrons. The first-order chi connectivity index (χ1) is 5.88. The van der Waals surface area contributed by atoms with Gasteiger partial charge < -0.3 is 9.73 Å². The molecule has 1 aromatic heterocycles. The Bertz CT molecular complexity index is 230. The van der Waals surface area contributed by atoms with E-state index in [2.05, 4.69) is 18.3 Å². The summed E-state index contributed by atoms with van der Waals surface area (Å²) in [7, 11) is 0. The summed E-state index contributed by atoms with van der Waals surface area (Å²) in [4.78, 5) is 0. The van der Waals surface area contributed by atoms with Gasteiger partial charge in [0.2, 0.25) is 0 Å². The minimum Gasteiger partial charge on any atom is -0.469 e. The molecule has 1 aliphatic heterocycles. The van der Waals surface area contributed by atoms with Crippen molar-refractivity contribution in [3.8, 4) is 0 Å². The van der Waals surface area contributed by atoms with Crippen molar-refractivity contribution >= 4 is 0 Å². The molecule has 2 atom stereocenters. The summed E-state index contributed by atoms with van der Waals surface area (Å²) in [5.41, 5.74) is 0. The SMILES string of the molecule is CC1CCNCC1c1ccco1. The zero-order valence-corrected chi connectivity index (χ0v) is 7.42. The molecule has 0 radical (unpaired) electrons. The molecule has 12 heavy (non-hydrogen) atoms. The minimum atomic E-state index is 0.578. The Morgan fingerprint density at radius 3 is 3.17 bits per heavy atom. The van der Waals surface area contributed by atoms with E-state index in [9.17, 15) is 0 Å². The van der Waals surface area contributed by atoms with Crippen molar-refractivity contribution in [3.05, 3.63) is 24.2 Å². The Morgan fingerprint density at radius 2 is 2.50 bits per heavy atom. The lowest BCUT2D eigenvalue weighted by atomic mass is 9.86. The fourth-order valence-corrected chi connectivity index (χ4v) is 1.87. The number of nitrogens with one attached hydrogen (secondary N) is 1. The van der Waals surface area contributed by atoms with E-state index in [4.69, 9.17) is 4.42 Å². The third-order valence-corrected chi connectivity index (χ3v) is 2.74. The Morgan fingerprint density at radius 1 is 1.58 bits per heavy atom. The van der Waals surface area contributed by atoms with Crippen LogP contribution in [-0.4, -0.2) is 13.1 Å². The normalized spacial score (nSPS) is 30.4. The summed E-state index contributed by atoms with van der Waals surface area (Å²) < 4.78 is 5.40. The first-order valence-corrected chi connectivity index (χ1v) is 4.62. The average Bonchev–Trinajstić information content (AvgIpc) is 2.57. The first kappa shape index (κ1) is 7.87. The molecule has 0 aliphatic carbocycles. The molecule has 0 amide bonds. The molecule has 1 N–H and O–H groups in total. The van der Waals surface area contributed by atoms with Crippen LogP contribution in [0.3, 0.4) is 0 Å². The highest BCUT2D eigenvalue weighted by atomic mass is 16.3. The van der Waals surface area contributed by atoms with E-state index in [1.165, 1.54) is 6.42 Å².